The Morgan fingerprint density at radius 2 is 2.08 bits per heavy atom. The van der Waals surface area contributed by atoms with Gasteiger partial charge in [-0.2, -0.15) is 0 Å². The first-order valence-corrected chi connectivity index (χ1v) is 12.7. The number of aliphatic carboxylic acids is 1. The zero-order valence-electron chi connectivity index (χ0n) is 18.9. The lowest BCUT2D eigenvalue weighted by Gasteiger charge is -2.43. The smallest absolute Gasteiger partial charge is 0.360 e. The maximum Gasteiger partial charge on any atom is 0.360 e. The number of thioether (sulfide) groups is 2. The quantitative estimate of drug-likeness (QED) is 0.125. The highest BCUT2D eigenvalue weighted by Crippen LogP contribution is 2.61. The lowest BCUT2D eigenvalue weighted by atomic mass is 9.91. The molecule has 5 rings (SSSR count). The number of hydrogen-bond acceptors (Lipinski definition) is 9. The fourth-order valence-corrected chi connectivity index (χ4v) is 8.02. The number of H-pyrrole nitrogens is 2. The van der Waals surface area contributed by atoms with Crippen LogP contribution in [0.25, 0.3) is 10.9 Å². The molecule has 36 heavy (non-hydrogen) atoms. The Balaban J connectivity index is 1.72. The second-order valence-electron chi connectivity index (χ2n) is 8.07. The molecule has 0 spiro atoms. The van der Waals surface area contributed by atoms with Gasteiger partial charge in [-0.15, -0.1) is 23.5 Å². The van der Waals surface area contributed by atoms with Crippen LogP contribution in [-0.2, 0) is 9.54 Å². The van der Waals surface area contributed by atoms with Crippen molar-refractivity contribution in [2.75, 3.05) is 12.9 Å². The number of hydrogen-bond donors (Lipinski definition) is 6. The Morgan fingerprint density at radius 3 is 2.78 bits per heavy atom. The molecule has 2 aromatic carbocycles. The van der Waals surface area contributed by atoms with Crippen LogP contribution < -0.4 is 4.74 Å². The minimum Gasteiger partial charge on any atom is -0.504 e. The summed E-state index contributed by atoms with van der Waals surface area (Å²) in [6, 6.07) is 12.2. The number of benzene rings is 2. The number of oxime groups is 1. The molecular formula is C24H22N4O6S2. The number of methoxy groups -OCH3 is 1. The number of fused-ring (bicyclic) bond motifs is 1. The minimum atomic E-state index is -1.38. The number of aromatic hydroxyl groups is 1. The standard InChI is InChI=1S/C24H22N4O6S2/c1-34-16-10-12(6-7-15(16)29)24(23-25-8-9-26-23)17(30)11-35-22(36-24)18-13-4-2-3-5-14(13)27-19(18)20(28-33)21(31)32/h2-10,17,22,27,29-30,33H,11H2,1H3,(H,25,26)(H,31,32)/b28-20-/t17-,22+,24?/m1/s1. The summed E-state index contributed by atoms with van der Waals surface area (Å²) in [7, 11) is 1.45. The van der Waals surface area contributed by atoms with Crippen LogP contribution >= 0.6 is 23.5 Å². The van der Waals surface area contributed by atoms with Gasteiger partial charge in [0.05, 0.1) is 23.5 Å². The average molecular weight is 527 g/mol. The van der Waals surface area contributed by atoms with Crippen molar-refractivity contribution in [3.8, 4) is 11.5 Å². The van der Waals surface area contributed by atoms with E-state index < -0.39 is 27.1 Å². The molecule has 0 amide bonds. The van der Waals surface area contributed by atoms with Gasteiger partial charge in [0.2, 0.25) is 5.71 Å². The fraction of sp³-hybridized carbons (Fsp3) is 0.208. The SMILES string of the molecule is COc1cc(C2(c3ncc[nH]3)S[C@@H](c3c(/C(=N/O)C(=O)O)[nH]c4ccccc34)SC[C@H]2O)ccc1O. The second-order valence-corrected chi connectivity index (χ2v) is 10.9. The number of carbonyl (C=O) groups is 1. The number of aromatic amines is 2. The van der Waals surface area contributed by atoms with Crippen LogP contribution in [0.5, 0.6) is 11.5 Å². The van der Waals surface area contributed by atoms with Gasteiger partial charge in [0, 0.05) is 34.6 Å². The van der Waals surface area contributed by atoms with E-state index in [1.54, 1.807) is 24.5 Å². The van der Waals surface area contributed by atoms with Crippen LogP contribution in [-0.4, -0.2) is 66.1 Å². The number of rotatable bonds is 6. The van der Waals surface area contributed by atoms with E-state index in [1.807, 2.05) is 24.3 Å². The van der Waals surface area contributed by atoms with Gasteiger partial charge in [-0.1, -0.05) is 29.4 Å². The Labute approximate surface area is 213 Å². The normalized spacial score (nSPS) is 22.6. The van der Waals surface area contributed by atoms with Gasteiger partial charge in [-0.05, 0) is 23.8 Å². The molecule has 186 valence electrons. The third-order valence-corrected chi connectivity index (χ3v) is 9.41. The first-order chi connectivity index (χ1) is 17.4. The molecule has 2 aromatic heterocycles. The summed E-state index contributed by atoms with van der Waals surface area (Å²) in [5.74, 6) is -0.389. The predicted molar refractivity (Wildman–Crippen MR) is 137 cm³/mol. The number of nitrogens with one attached hydrogen (secondary N) is 2. The van der Waals surface area contributed by atoms with Crippen LogP contribution in [0.3, 0.4) is 0 Å². The molecule has 3 heterocycles. The van der Waals surface area contributed by atoms with Crippen molar-refractivity contribution < 1.29 is 30.1 Å². The second kappa shape index (κ2) is 9.45. The van der Waals surface area contributed by atoms with Crippen LogP contribution in [0.15, 0.2) is 60.0 Å². The van der Waals surface area contributed by atoms with E-state index in [-0.39, 0.29) is 17.2 Å². The molecule has 0 saturated carbocycles. The maximum absolute atomic E-state index is 11.9. The van der Waals surface area contributed by atoms with Crippen molar-refractivity contribution in [1.29, 1.82) is 0 Å². The molecule has 6 N–H and O–H groups in total. The van der Waals surface area contributed by atoms with Gasteiger partial charge in [0.25, 0.3) is 0 Å². The van der Waals surface area contributed by atoms with E-state index in [0.717, 1.165) is 5.39 Å². The molecule has 1 aliphatic rings. The summed E-state index contributed by atoms with van der Waals surface area (Å²) < 4.78 is 3.81. The molecule has 4 aromatic rings. The van der Waals surface area contributed by atoms with Crippen LogP contribution in [0.4, 0.5) is 0 Å². The molecule has 1 fully saturated rings. The summed E-state index contributed by atoms with van der Waals surface area (Å²) in [4.78, 5) is 22.6. The number of carboxylic acids is 1. The van der Waals surface area contributed by atoms with Crippen LogP contribution in [0, 0.1) is 0 Å². The van der Waals surface area contributed by atoms with Crippen molar-refractivity contribution in [2.24, 2.45) is 5.16 Å². The highest BCUT2D eigenvalue weighted by Gasteiger charge is 2.51. The third kappa shape index (κ3) is 3.77. The Hall–Kier alpha value is -3.61. The van der Waals surface area contributed by atoms with E-state index >= 15 is 0 Å². The highest BCUT2D eigenvalue weighted by molar-refractivity contribution is 8.17. The maximum atomic E-state index is 11.9. The molecule has 10 nitrogen and oxygen atoms in total. The number of nitrogens with zero attached hydrogens (tertiary/aromatic N) is 2. The van der Waals surface area contributed by atoms with Crippen LogP contribution in [0.1, 0.15) is 27.2 Å². The number of carboxylic acid groups (broad SMARTS) is 1. The summed E-state index contributed by atoms with van der Waals surface area (Å²) in [5, 5.41) is 44.7. The lowest BCUT2D eigenvalue weighted by Crippen LogP contribution is -2.43. The zero-order valence-corrected chi connectivity index (χ0v) is 20.5. The number of phenolic OH excluding ortho intramolecular Hbond substituents is 1. The minimum absolute atomic E-state index is 0.0405. The van der Waals surface area contributed by atoms with Gasteiger partial charge >= 0.3 is 5.97 Å². The van der Waals surface area contributed by atoms with Crippen molar-refractivity contribution in [2.45, 2.75) is 15.4 Å². The fourth-order valence-electron chi connectivity index (χ4n) is 4.50. The van der Waals surface area contributed by atoms with E-state index in [2.05, 4.69) is 20.1 Å². The van der Waals surface area contributed by atoms with E-state index in [0.29, 0.717) is 28.2 Å². The number of para-hydroxylation sites is 1. The van der Waals surface area contributed by atoms with Gasteiger partial charge in [0.1, 0.15) is 10.6 Å². The zero-order chi connectivity index (χ0) is 25.4. The van der Waals surface area contributed by atoms with Crippen molar-refractivity contribution >= 4 is 46.1 Å². The first-order valence-electron chi connectivity index (χ1n) is 10.8. The molecule has 0 aliphatic carbocycles. The first kappa shape index (κ1) is 24.1. The van der Waals surface area contributed by atoms with Crippen molar-refractivity contribution in [3.63, 3.8) is 0 Å². The summed E-state index contributed by atoms with van der Waals surface area (Å²) in [5.41, 5.74) is 1.63. The van der Waals surface area contributed by atoms with E-state index in [4.69, 9.17) is 4.74 Å². The molecule has 12 heteroatoms. The van der Waals surface area contributed by atoms with Crippen LogP contribution in [0.2, 0.25) is 0 Å². The monoisotopic (exact) mass is 526 g/mol. The summed E-state index contributed by atoms with van der Waals surface area (Å²) in [6.45, 7) is 0. The molecule has 1 aliphatic heterocycles. The topological polar surface area (TPSA) is 164 Å². The van der Waals surface area contributed by atoms with Gasteiger partial charge < -0.3 is 35.2 Å². The highest BCUT2D eigenvalue weighted by atomic mass is 32.2. The molecule has 3 atom stereocenters. The van der Waals surface area contributed by atoms with Gasteiger partial charge in [-0.3, -0.25) is 0 Å². The van der Waals surface area contributed by atoms with Crippen molar-refractivity contribution in [3.05, 3.63) is 77.5 Å². The Bertz CT molecular complexity index is 1450. The third-order valence-electron chi connectivity index (χ3n) is 6.15. The van der Waals surface area contributed by atoms with Crippen molar-refractivity contribution in [1.82, 2.24) is 15.0 Å². The number of imidazole rings is 1. The lowest BCUT2D eigenvalue weighted by molar-refractivity contribution is -0.129. The number of aromatic nitrogens is 3. The van der Waals surface area contributed by atoms with E-state index in [9.17, 15) is 25.3 Å². The van der Waals surface area contributed by atoms with Gasteiger partial charge in [-0.25, -0.2) is 9.78 Å². The largest absolute Gasteiger partial charge is 0.504 e. The summed E-state index contributed by atoms with van der Waals surface area (Å²) >= 11 is 2.83. The predicted octanol–water partition coefficient (Wildman–Crippen LogP) is 3.65. The summed E-state index contributed by atoms with van der Waals surface area (Å²) in [6.07, 6.45) is 2.36. The van der Waals surface area contributed by atoms with Gasteiger partial charge in [0.15, 0.2) is 11.5 Å². The van der Waals surface area contributed by atoms with E-state index in [1.165, 1.54) is 36.7 Å². The molecule has 1 saturated heterocycles. The number of phenols is 1. The number of aliphatic hydroxyl groups is 1. The molecular weight excluding hydrogens is 504 g/mol. The Kier molecular flexibility index (Phi) is 6.33. The number of ether oxygens (including phenoxy) is 1. The average Bonchev–Trinajstić information content (AvgIpc) is 3.54. The molecule has 0 bridgehead atoms. The molecule has 0 radical (unpaired) electrons. The number of aliphatic hydroxyl groups excluding tert-OH is 1. The molecule has 1 unspecified atom stereocenters. The Morgan fingerprint density at radius 1 is 1.28 bits per heavy atom.